The minimum Gasteiger partial charge on any atom is -0.508 e. The standard InChI is InChI=1S/C15H19N3O/c1-4-16-9-14-10(2)17-15(18-11(14)3)12-5-7-13(19)8-6-12/h5-8,16,19H,4,9H2,1-3H3. The van der Waals surface area contributed by atoms with E-state index in [4.69, 9.17) is 0 Å². The first-order valence-corrected chi connectivity index (χ1v) is 6.46. The molecule has 0 bridgehead atoms. The highest BCUT2D eigenvalue weighted by Gasteiger charge is 2.09. The van der Waals surface area contributed by atoms with Crippen LogP contribution in [-0.4, -0.2) is 21.6 Å². The topological polar surface area (TPSA) is 58.0 Å². The Labute approximate surface area is 113 Å². The average Bonchev–Trinajstić information content (AvgIpc) is 2.38. The second-order valence-corrected chi connectivity index (χ2v) is 4.52. The number of rotatable bonds is 4. The number of aromatic nitrogens is 2. The van der Waals surface area contributed by atoms with Crippen LogP contribution in [0.15, 0.2) is 24.3 Å². The molecule has 0 saturated carbocycles. The molecular weight excluding hydrogens is 238 g/mol. The first-order chi connectivity index (χ1) is 9.11. The van der Waals surface area contributed by atoms with E-state index in [2.05, 4.69) is 22.2 Å². The molecule has 1 heterocycles. The molecular formula is C15H19N3O. The van der Waals surface area contributed by atoms with E-state index in [0.717, 1.165) is 35.6 Å². The van der Waals surface area contributed by atoms with Gasteiger partial charge in [0.15, 0.2) is 5.82 Å². The zero-order valence-electron chi connectivity index (χ0n) is 11.6. The lowest BCUT2D eigenvalue weighted by atomic mass is 10.1. The molecule has 100 valence electrons. The quantitative estimate of drug-likeness (QED) is 0.884. The van der Waals surface area contributed by atoms with Crippen LogP contribution < -0.4 is 5.32 Å². The summed E-state index contributed by atoms with van der Waals surface area (Å²) >= 11 is 0. The maximum absolute atomic E-state index is 9.30. The van der Waals surface area contributed by atoms with Crippen LogP contribution in [0, 0.1) is 13.8 Å². The molecule has 0 spiro atoms. The molecule has 0 aliphatic carbocycles. The molecule has 0 saturated heterocycles. The summed E-state index contributed by atoms with van der Waals surface area (Å²) in [5.41, 5.74) is 4.07. The molecule has 2 aromatic rings. The van der Waals surface area contributed by atoms with Crippen molar-refractivity contribution in [2.75, 3.05) is 6.54 Å². The van der Waals surface area contributed by atoms with Crippen molar-refractivity contribution in [3.63, 3.8) is 0 Å². The lowest BCUT2D eigenvalue weighted by molar-refractivity contribution is 0.475. The number of aromatic hydroxyl groups is 1. The number of phenols is 1. The lowest BCUT2D eigenvalue weighted by Crippen LogP contribution is -2.15. The molecule has 0 aliphatic rings. The van der Waals surface area contributed by atoms with E-state index in [1.807, 2.05) is 26.0 Å². The van der Waals surface area contributed by atoms with E-state index in [0.29, 0.717) is 5.82 Å². The van der Waals surface area contributed by atoms with Gasteiger partial charge in [0.05, 0.1) is 0 Å². The van der Waals surface area contributed by atoms with Crippen LogP contribution in [0.2, 0.25) is 0 Å². The fourth-order valence-electron chi connectivity index (χ4n) is 1.98. The van der Waals surface area contributed by atoms with Gasteiger partial charge in [0, 0.05) is 29.1 Å². The van der Waals surface area contributed by atoms with Crippen LogP contribution in [-0.2, 0) is 6.54 Å². The zero-order chi connectivity index (χ0) is 13.8. The molecule has 2 rings (SSSR count). The van der Waals surface area contributed by atoms with Crippen molar-refractivity contribution in [1.82, 2.24) is 15.3 Å². The van der Waals surface area contributed by atoms with Crippen molar-refractivity contribution >= 4 is 0 Å². The Balaban J connectivity index is 2.36. The van der Waals surface area contributed by atoms with Crippen LogP contribution in [0.1, 0.15) is 23.9 Å². The Hall–Kier alpha value is -1.94. The van der Waals surface area contributed by atoms with Crippen LogP contribution >= 0.6 is 0 Å². The van der Waals surface area contributed by atoms with Gasteiger partial charge in [-0.25, -0.2) is 9.97 Å². The minimum atomic E-state index is 0.251. The van der Waals surface area contributed by atoms with E-state index >= 15 is 0 Å². The predicted octanol–water partition coefficient (Wildman–Crippen LogP) is 2.58. The number of hydrogen-bond donors (Lipinski definition) is 2. The summed E-state index contributed by atoms with van der Waals surface area (Å²) in [7, 11) is 0. The number of phenolic OH excluding ortho intramolecular Hbond substituents is 1. The molecule has 0 radical (unpaired) electrons. The lowest BCUT2D eigenvalue weighted by Gasteiger charge is -2.11. The second-order valence-electron chi connectivity index (χ2n) is 4.52. The van der Waals surface area contributed by atoms with Gasteiger partial charge in [0.2, 0.25) is 0 Å². The van der Waals surface area contributed by atoms with E-state index < -0.39 is 0 Å². The summed E-state index contributed by atoms with van der Waals surface area (Å²) in [4.78, 5) is 9.11. The summed E-state index contributed by atoms with van der Waals surface area (Å²) in [6.07, 6.45) is 0. The molecule has 2 N–H and O–H groups in total. The van der Waals surface area contributed by atoms with Crippen molar-refractivity contribution in [3.8, 4) is 17.1 Å². The fraction of sp³-hybridized carbons (Fsp3) is 0.333. The summed E-state index contributed by atoms with van der Waals surface area (Å²) in [6.45, 7) is 7.81. The Kier molecular flexibility index (Phi) is 4.12. The van der Waals surface area contributed by atoms with Gasteiger partial charge in [0.1, 0.15) is 5.75 Å². The van der Waals surface area contributed by atoms with Gasteiger partial charge in [0.25, 0.3) is 0 Å². The van der Waals surface area contributed by atoms with E-state index in [9.17, 15) is 5.11 Å². The molecule has 0 aliphatic heterocycles. The normalized spacial score (nSPS) is 10.7. The number of aryl methyl sites for hydroxylation is 2. The summed E-state index contributed by atoms with van der Waals surface area (Å²) in [5.74, 6) is 0.955. The van der Waals surface area contributed by atoms with Crippen LogP contribution in [0.25, 0.3) is 11.4 Å². The fourth-order valence-corrected chi connectivity index (χ4v) is 1.98. The molecule has 19 heavy (non-hydrogen) atoms. The molecule has 0 amide bonds. The average molecular weight is 257 g/mol. The minimum absolute atomic E-state index is 0.251. The molecule has 4 nitrogen and oxygen atoms in total. The Bertz CT molecular complexity index is 541. The highest BCUT2D eigenvalue weighted by molar-refractivity contribution is 5.56. The zero-order valence-corrected chi connectivity index (χ0v) is 11.6. The molecule has 4 heteroatoms. The number of nitrogens with zero attached hydrogens (tertiary/aromatic N) is 2. The van der Waals surface area contributed by atoms with Crippen LogP contribution in [0.5, 0.6) is 5.75 Å². The van der Waals surface area contributed by atoms with Crippen LogP contribution in [0.4, 0.5) is 0 Å². The molecule has 1 aromatic carbocycles. The van der Waals surface area contributed by atoms with Gasteiger partial charge >= 0.3 is 0 Å². The van der Waals surface area contributed by atoms with E-state index in [-0.39, 0.29) is 5.75 Å². The first kappa shape index (κ1) is 13.5. The van der Waals surface area contributed by atoms with E-state index in [1.165, 1.54) is 0 Å². The van der Waals surface area contributed by atoms with Crippen molar-refractivity contribution in [2.24, 2.45) is 0 Å². The van der Waals surface area contributed by atoms with Crippen molar-refractivity contribution in [3.05, 3.63) is 41.2 Å². The van der Waals surface area contributed by atoms with Crippen LogP contribution in [0.3, 0.4) is 0 Å². The second kappa shape index (κ2) is 5.80. The van der Waals surface area contributed by atoms with Gasteiger partial charge in [-0.3, -0.25) is 0 Å². The molecule has 1 aromatic heterocycles. The third-order valence-corrected chi connectivity index (χ3v) is 3.10. The summed E-state index contributed by atoms with van der Waals surface area (Å²) in [5, 5.41) is 12.6. The maximum atomic E-state index is 9.30. The van der Waals surface area contributed by atoms with Crippen molar-refractivity contribution < 1.29 is 5.11 Å². The van der Waals surface area contributed by atoms with Crippen molar-refractivity contribution in [2.45, 2.75) is 27.3 Å². The molecule has 0 fully saturated rings. The highest BCUT2D eigenvalue weighted by Crippen LogP contribution is 2.21. The number of benzene rings is 1. The van der Waals surface area contributed by atoms with Gasteiger partial charge in [-0.2, -0.15) is 0 Å². The molecule has 0 atom stereocenters. The highest BCUT2D eigenvalue weighted by atomic mass is 16.3. The predicted molar refractivity (Wildman–Crippen MR) is 76.0 cm³/mol. The molecule has 0 unspecified atom stereocenters. The summed E-state index contributed by atoms with van der Waals surface area (Å²) < 4.78 is 0. The van der Waals surface area contributed by atoms with Gasteiger partial charge in [-0.15, -0.1) is 0 Å². The monoisotopic (exact) mass is 257 g/mol. The van der Waals surface area contributed by atoms with Gasteiger partial charge in [-0.1, -0.05) is 6.92 Å². The Morgan fingerprint density at radius 2 is 1.63 bits per heavy atom. The first-order valence-electron chi connectivity index (χ1n) is 6.46. The van der Waals surface area contributed by atoms with Gasteiger partial charge in [-0.05, 0) is 44.7 Å². The third kappa shape index (κ3) is 3.09. The van der Waals surface area contributed by atoms with Gasteiger partial charge < -0.3 is 10.4 Å². The number of nitrogens with one attached hydrogen (secondary N) is 1. The number of hydrogen-bond acceptors (Lipinski definition) is 4. The smallest absolute Gasteiger partial charge is 0.159 e. The third-order valence-electron chi connectivity index (χ3n) is 3.10. The Morgan fingerprint density at radius 1 is 1.05 bits per heavy atom. The summed E-state index contributed by atoms with van der Waals surface area (Å²) in [6, 6.07) is 6.95. The van der Waals surface area contributed by atoms with E-state index in [1.54, 1.807) is 12.1 Å². The maximum Gasteiger partial charge on any atom is 0.159 e. The largest absolute Gasteiger partial charge is 0.508 e. The SMILES string of the molecule is CCNCc1c(C)nc(-c2ccc(O)cc2)nc1C. The van der Waals surface area contributed by atoms with Crippen molar-refractivity contribution in [1.29, 1.82) is 0 Å². The Morgan fingerprint density at radius 3 is 2.16 bits per heavy atom.